The van der Waals surface area contributed by atoms with Gasteiger partial charge in [0.25, 0.3) is 10.0 Å². The van der Waals surface area contributed by atoms with E-state index < -0.39 is 10.0 Å². The second-order valence-corrected chi connectivity index (χ2v) is 8.86. The Hall–Kier alpha value is -3.91. The van der Waals surface area contributed by atoms with Crippen molar-refractivity contribution in [2.24, 2.45) is 0 Å². The average Bonchev–Trinajstić information content (AvgIpc) is 3.45. The molecule has 0 fully saturated rings. The molecule has 8 heteroatoms. The van der Waals surface area contributed by atoms with Crippen LogP contribution in [0.15, 0.2) is 96.4 Å². The van der Waals surface area contributed by atoms with Gasteiger partial charge in [0.05, 0.1) is 16.3 Å². The summed E-state index contributed by atoms with van der Waals surface area (Å²) >= 11 is 0. The Kier molecular flexibility index (Phi) is 4.56. The highest BCUT2D eigenvalue weighted by atomic mass is 32.2. The molecule has 0 aliphatic rings. The van der Waals surface area contributed by atoms with Crippen molar-refractivity contribution in [3.63, 3.8) is 0 Å². The molecule has 2 aromatic carbocycles. The first-order valence-corrected chi connectivity index (χ1v) is 11.2. The van der Waals surface area contributed by atoms with Crippen molar-refractivity contribution in [3.05, 3.63) is 97.1 Å². The van der Waals surface area contributed by atoms with Gasteiger partial charge < -0.3 is 4.40 Å². The lowest BCUT2D eigenvalue weighted by molar-refractivity contribution is 0.601. The van der Waals surface area contributed by atoms with Crippen molar-refractivity contribution in [1.29, 1.82) is 0 Å². The summed E-state index contributed by atoms with van der Waals surface area (Å²) < 4.78 is 31.8. The van der Waals surface area contributed by atoms with Gasteiger partial charge in [0.2, 0.25) is 0 Å². The van der Waals surface area contributed by atoms with Gasteiger partial charge in [0, 0.05) is 36.0 Å². The Balaban J connectivity index is 1.36. The van der Waals surface area contributed by atoms with Crippen molar-refractivity contribution < 1.29 is 8.42 Å². The fourth-order valence-electron chi connectivity index (χ4n) is 3.42. The zero-order valence-corrected chi connectivity index (χ0v) is 17.5. The molecule has 3 heterocycles. The number of aromatic nitrogens is 4. The molecule has 0 atom stereocenters. The molecule has 0 unspecified atom stereocenters. The molecule has 0 amide bonds. The van der Waals surface area contributed by atoms with Crippen molar-refractivity contribution in [2.45, 2.75) is 11.8 Å². The third kappa shape index (κ3) is 3.69. The number of benzene rings is 2. The van der Waals surface area contributed by atoms with Crippen LogP contribution in [0.4, 0.5) is 5.69 Å². The van der Waals surface area contributed by atoms with E-state index >= 15 is 0 Å². The Labute approximate surface area is 179 Å². The Morgan fingerprint density at radius 1 is 0.903 bits per heavy atom. The monoisotopic (exact) mass is 429 g/mol. The molecule has 1 N–H and O–H groups in total. The first-order chi connectivity index (χ1) is 15.0. The number of pyridine rings is 1. The van der Waals surface area contributed by atoms with Gasteiger partial charge in [-0.25, -0.2) is 18.1 Å². The van der Waals surface area contributed by atoms with Gasteiger partial charge in [-0.2, -0.15) is 5.10 Å². The number of fused-ring (bicyclic) bond motifs is 1. The van der Waals surface area contributed by atoms with E-state index in [0.717, 1.165) is 28.2 Å². The van der Waals surface area contributed by atoms with Crippen molar-refractivity contribution in [3.8, 4) is 16.9 Å². The van der Waals surface area contributed by atoms with Crippen LogP contribution in [0.1, 0.15) is 5.56 Å². The number of nitrogens with one attached hydrogen (secondary N) is 1. The van der Waals surface area contributed by atoms with E-state index in [9.17, 15) is 8.42 Å². The average molecular weight is 430 g/mol. The second-order valence-electron chi connectivity index (χ2n) is 7.18. The third-order valence-electron chi connectivity index (χ3n) is 5.03. The second kappa shape index (κ2) is 7.41. The Morgan fingerprint density at radius 2 is 1.68 bits per heavy atom. The molecular weight excluding hydrogens is 410 g/mol. The quantitative estimate of drug-likeness (QED) is 0.452. The topological polar surface area (TPSA) is 81.3 Å². The first-order valence-electron chi connectivity index (χ1n) is 9.67. The van der Waals surface area contributed by atoms with Gasteiger partial charge in [-0.05, 0) is 61.0 Å². The fourth-order valence-corrected chi connectivity index (χ4v) is 4.47. The van der Waals surface area contributed by atoms with E-state index in [2.05, 4.69) is 14.8 Å². The molecule has 154 valence electrons. The summed E-state index contributed by atoms with van der Waals surface area (Å²) in [5.74, 6) is 0. The van der Waals surface area contributed by atoms with Crippen LogP contribution in [0.5, 0.6) is 0 Å². The zero-order chi connectivity index (χ0) is 21.4. The zero-order valence-electron chi connectivity index (χ0n) is 16.7. The van der Waals surface area contributed by atoms with E-state index in [1.54, 1.807) is 53.5 Å². The summed E-state index contributed by atoms with van der Waals surface area (Å²) in [4.78, 5) is 4.86. The fraction of sp³-hybridized carbons (Fsp3) is 0.0435. The number of hydrogen-bond acceptors (Lipinski definition) is 4. The van der Waals surface area contributed by atoms with Crippen molar-refractivity contribution >= 4 is 21.4 Å². The minimum Gasteiger partial charge on any atom is -0.306 e. The van der Waals surface area contributed by atoms with E-state index in [1.807, 2.05) is 54.0 Å². The maximum atomic E-state index is 12.8. The van der Waals surface area contributed by atoms with Crippen LogP contribution in [0.2, 0.25) is 0 Å². The number of imidazole rings is 1. The highest BCUT2D eigenvalue weighted by Gasteiger charge is 2.15. The van der Waals surface area contributed by atoms with Crippen LogP contribution in [0.3, 0.4) is 0 Å². The van der Waals surface area contributed by atoms with E-state index in [1.165, 1.54) is 0 Å². The summed E-state index contributed by atoms with van der Waals surface area (Å²) in [6.45, 7) is 2.02. The van der Waals surface area contributed by atoms with Gasteiger partial charge in [-0.15, -0.1) is 0 Å². The molecule has 5 rings (SSSR count). The van der Waals surface area contributed by atoms with Gasteiger partial charge in [0.1, 0.15) is 5.65 Å². The van der Waals surface area contributed by atoms with Crippen LogP contribution >= 0.6 is 0 Å². The van der Waals surface area contributed by atoms with E-state index in [-0.39, 0.29) is 4.90 Å². The molecule has 0 radical (unpaired) electrons. The lowest BCUT2D eigenvalue weighted by Crippen LogP contribution is -2.13. The summed E-state index contributed by atoms with van der Waals surface area (Å²) in [6.07, 6.45) is 7.39. The summed E-state index contributed by atoms with van der Waals surface area (Å²) in [7, 11) is -3.70. The molecule has 0 saturated carbocycles. The lowest BCUT2D eigenvalue weighted by atomic mass is 10.1. The standard InChI is InChI=1S/C23H19N5O2S/c1-17-4-2-14-27-16-22(25-23(17)27)18-5-7-19(8-6-18)26-31(29,30)21-11-9-20(10-12-21)28-15-3-13-24-28/h2-16,26H,1H3. The minimum atomic E-state index is -3.70. The first kappa shape index (κ1) is 19.1. The molecule has 0 aliphatic heterocycles. The van der Waals surface area contributed by atoms with Gasteiger partial charge >= 0.3 is 0 Å². The largest absolute Gasteiger partial charge is 0.306 e. The summed E-state index contributed by atoms with van der Waals surface area (Å²) in [5, 5.41) is 4.14. The van der Waals surface area contributed by atoms with Crippen LogP contribution in [0.25, 0.3) is 22.6 Å². The number of nitrogens with zero attached hydrogens (tertiary/aromatic N) is 4. The normalized spacial score (nSPS) is 11.6. The lowest BCUT2D eigenvalue weighted by Gasteiger charge is -2.09. The van der Waals surface area contributed by atoms with Crippen LogP contribution in [-0.2, 0) is 10.0 Å². The van der Waals surface area contributed by atoms with Crippen LogP contribution in [0, 0.1) is 6.92 Å². The van der Waals surface area contributed by atoms with Crippen molar-refractivity contribution in [2.75, 3.05) is 4.72 Å². The third-order valence-corrected chi connectivity index (χ3v) is 6.42. The van der Waals surface area contributed by atoms with Crippen LogP contribution < -0.4 is 4.72 Å². The smallest absolute Gasteiger partial charge is 0.261 e. The summed E-state index contributed by atoms with van der Waals surface area (Å²) in [5.41, 5.74) is 5.01. The Bertz CT molecular complexity index is 1450. The molecule has 0 bridgehead atoms. The van der Waals surface area contributed by atoms with Gasteiger partial charge in [-0.3, -0.25) is 4.72 Å². The maximum Gasteiger partial charge on any atom is 0.261 e. The highest BCUT2D eigenvalue weighted by molar-refractivity contribution is 7.92. The van der Waals surface area contributed by atoms with Crippen molar-refractivity contribution in [1.82, 2.24) is 19.2 Å². The van der Waals surface area contributed by atoms with Gasteiger partial charge in [-0.1, -0.05) is 18.2 Å². The number of anilines is 1. The predicted molar refractivity (Wildman–Crippen MR) is 120 cm³/mol. The molecule has 7 nitrogen and oxygen atoms in total. The molecule has 5 aromatic rings. The number of rotatable bonds is 5. The predicted octanol–water partition coefficient (Wildman–Crippen LogP) is 4.30. The molecule has 0 saturated heterocycles. The van der Waals surface area contributed by atoms with Crippen LogP contribution in [-0.4, -0.2) is 27.6 Å². The number of hydrogen-bond donors (Lipinski definition) is 1. The number of sulfonamides is 1. The number of aryl methyl sites for hydroxylation is 1. The molecular formula is C23H19N5O2S. The van der Waals surface area contributed by atoms with Gasteiger partial charge in [0.15, 0.2) is 0 Å². The SMILES string of the molecule is Cc1cccn2cc(-c3ccc(NS(=O)(=O)c4ccc(-n5cccn5)cc4)cc3)nc12. The summed E-state index contributed by atoms with van der Waals surface area (Å²) in [6, 6.07) is 19.6. The maximum absolute atomic E-state index is 12.8. The van der Waals surface area contributed by atoms with E-state index in [0.29, 0.717) is 5.69 Å². The van der Waals surface area contributed by atoms with E-state index in [4.69, 9.17) is 0 Å². The molecule has 31 heavy (non-hydrogen) atoms. The molecule has 0 spiro atoms. The Morgan fingerprint density at radius 3 is 2.35 bits per heavy atom. The minimum absolute atomic E-state index is 0.184. The molecule has 3 aromatic heterocycles. The molecule has 0 aliphatic carbocycles. The highest BCUT2D eigenvalue weighted by Crippen LogP contribution is 2.24.